The van der Waals surface area contributed by atoms with Crippen molar-refractivity contribution in [1.29, 1.82) is 0 Å². The summed E-state index contributed by atoms with van der Waals surface area (Å²) in [7, 11) is 0. The fourth-order valence-electron chi connectivity index (χ4n) is 2.25. The van der Waals surface area contributed by atoms with E-state index in [1.807, 2.05) is 37.3 Å². The average molecular weight is 311 g/mol. The lowest BCUT2D eigenvalue weighted by atomic mass is 10.1. The SMILES string of the molecule is CCCc1nc([C@@H](NC(=O)c2ccco2)c2ccccc2)no1. The first-order valence-corrected chi connectivity index (χ1v) is 7.49. The number of carbonyl (C=O) groups excluding carboxylic acids is 1. The van der Waals surface area contributed by atoms with Crippen LogP contribution in [0.4, 0.5) is 0 Å². The monoisotopic (exact) mass is 311 g/mol. The molecule has 2 aromatic heterocycles. The fraction of sp³-hybridized carbons (Fsp3) is 0.235. The molecule has 1 atom stereocenters. The van der Waals surface area contributed by atoms with Gasteiger partial charge in [-0.3, -0.25) is 4.79 Å². The van der Waals surface area contributed by atoms with Crippen molar-refractivity contribution < 1.29 is 13.7 Å². The molecule has 1 N–H and O–H groups in total. The number of amides is 1. The van der Waals surface area contributed by atoms with E-state index in [4.69, 9.17) is 8.94 Å². The van der Waals surface area contributed by atoms with Gasteiger partial charge in [-0.15, -0.1) is 0 Å². The maximum atomic E-state index is 12.3. The minimum absolute atomic E-state index is 0.239. The average Bonchev–Trinajstić information content (AvgIpc) is 3.25. The highest BCUT2D eigenvalue weighted by Gasteiger charge is 2.23. The Morgan fingerprint density at radius 1 is 1.22 bits per heavy atom. The highest BCUT2D eigenvalue weighted by atomic mass is 16.5. The van der Waals surface area contributed by atoms with Crippen molar-refractivity contribution in [2.75, 3.05) is 0 Å². The van der Waals surface area contributed by atoms with E-state index in [1.54, 1.807) is 12.1 Å². The lowest BCUT2D eigenvalue weighted by Gasteiger charge is -2.14. The van der Waals surface area contributed by atoms with Gasteiger partial charge >= 0.3 is 0 Å². The Kier molecular flexibility index (Phi) is 4.52. The summed E-state index contributed by atoms with van der Waals surface area (Å²) in [6.07, 6.45) is 3.08. The van der Waals surface area contributed by atoms with Crippen LogP contribution in [0.3, 0.4) is 0 Å². The highest BCUT2D eigenvalue weighted by Crippen LogP contribution is 2.20. The first-order chi connectivity index (χ1) is 11.3. The van der Waals surface area contributed by atoms with Crippen LogP contribution in [0.15, 0.2) is 57.7 Å². The second-order valence-electron chi connectivity index (χ2n) is 5.09. The van der Waals surface area contributed by atoms with Gasteiger partial charge in [0, 0.05) is 6.42 Å². The number of carbonyl (C=O) groups is 1. The molecular formula is C17H17N3O3. The number of aromatic nitrogens is 2. The Morgan fingerprint density at radius 3 is 2.74 bits per heavy atom. The Morgan fingerprint density at radius 2 is 2.04 bits per heavy atom. The van der Waals surface area contributed by atoms with Crippen LogP contribution in [0.1, 0.15) is 47.2 Å². The van der Waals surface area contributed by atoms with Crippen molar-refractivity contribution in [2.45, 2.75) is 25.8 Å². The normalized spacial score (nSPS) is 12.0. The Hall–Kier alpha value is -2.89. The predicted molar refractivity (Wildman–Crippen MR) is 82.8 cm³/mol. The molecule has 0 aliphatic carbocycles. The standard InChI is InChI=1S/C17H17N3O3/c1-2-7-14-18-16(20-23-14)15(12-8-4-3-5-9-12)19-17(21)13-10-6-11-22-13/h3-6,8-11,15H,2,7H2,1H3,(H,19,21)/t15-/m0/s1. The molecule has 0 aliphatic heterocycles. The summed E-state index contributed by atoms with van der Waals surface area (Å²) in [6, 6.07) is 12.3. The first kappa shape index (κ1) is 15.0. The summed E-state index contributed by atoms with van der Waals surface area (Å²) in [5, 5.41) is 6.90. The van der Waals surface area contributed by atoms with Gasteiger partial charge in [-0.2, -0.15) is 4.98 Å². The Balaban J connectivity index is 1.88. The zero-order valence-electron chi connectivity index (χ0n) is 12.7. The third-order valence-electron chi connectivity index (χ3n) is 3.36. The third-order valence-corrected chi connectivity index (χ3v) is 3.36. The maximum absolute atomic E-state index is 12.3. The van der Waals surface area contributed by atoms with E-state index in [1.165, 1.54) is 6.26 Å². The molecule has 1 amide bonds. The molecule has 0 spiro atoms. The first-order valence-electron chi connectivity index (χ1n) is 7.49. The molecule has 0 fully saturated rings. The molecule has 0 aliphatic rings. The molecule has 0 saturated heterocycles. The topological polar surface area (TPSA) is 81.2 Å². The van der Waals surface area contributed by atoms with Crippen LogP contribution >= 0.6 is 0 Å². The van der Waals surface area contributed by atoms with Crippen LogP contribution in [0.2, 0.25) is 0 Å². The predicted octanol–water partition coefficient (Wildman–Crippen LogP) is 3.13. The van der Waals surface area contributed by atoms with E-state index < -0.39 is 6.04 Å². The van der Waals surface area contributed by atoms with Crippen molar-refractivity contribution >= 4 is 5.91 Å². The van der Waals surface area contributed by atoms with Crippen LogP contribution in [0.25, 0.3) is 0 Å². The third kappa shape index (κ3) is 3.48. The lowest BCUT2D eigenvalue weighted by Crippen LogP contribution is -2.29. The van der Waals surface area contributed by atoms with E-state index in [9.17, 15) is 4.79 Å². The van der Waals surface area contributed by atoms with Gasteiger partial charge < -0.3 is 14.3 Å². The van der Waals surface area contributed by atoms with Crippen molar-refractivity contribution in [3.63, 3.8) is 0 Å². The van der Waals surface area contributed by atoms with Crippen molar-refractivity contribution in [3.05, 3.63) is 71.8 Å². The van der Waals surface area contributed by atoms with Crippen molar-refractivity contribution in [3.8, 4) is 0 Å². The van der Waals surface area contributed by atoms with Crippen LogP contribution in [-0.4, -0.2) is 16.0 Å². The molecule has 3 rings (SSSR count). The fourth-order valence-corrected chi connectivity index (χ4v) is 2.25. The molecular weight excluding hydrogens is 294 g/mol. The number of aryl methyl sites for hydroxylation is 1. The minimum atomic E-state index is -0.497. The van der Waals surface area contributed by atoms with Crippen molar-refractivity contribution in [1.82, 2.24) is 15.5 Å². The van der Waals surface area contributed by atoms with Crippen LogP contribution in [0, 0.1) is 0 Å². The Labute approximate surface area is 133 Å². The molecule has 0 radical (unpaired) electrons. The molecule has 6 nitrogen and oxygen atoms in total. The van der Waals surface area contributed by atoms with Crippen LogP contribution < -0.4 is 5.32 Å². The molecule has 6 heteroatoms. The summed E-state index contributed by atoms with van der Waals surface area (Å²) in [4.78, 5) is 16.7. The molecule has 0 saturated carbocycles. The second kappa shape index (κ2) is 6.91. The summed E-state index contributed by atoms with van der Waals surface area (Å²) in [6.45, 7) is 2.04. The van der Waals surface area contributed by atoms with Gasteiger partial charge in [0.15, 0.2) is 11.6 Å². The molecule has 2 heterocycles. The van der Waals surface area contributed by atoms with Gasteiger partial charge in [0.1, 0.15) is 6.04 Å². The van der Waals surface area contributed by atoms with Gasteiger partial charge in [-0.05, 0) is 24.1 Å². The zero-order chi connectivity index (χ0) is 16.1. The number of nitrogens with zero attached hydrogens (tertiary/aromatic N) is 2. The largest absolute Gasteiger partial charge is 0.459 e. The molecule has 23 heavy (non-hydrogen) atoms. The lowest BCUT2D eigenvalue weighted by molar-refractivity contribution is 0.0913. The molecule has 3 aromatic rings. The molecule has 0 bridgehead atoms. The summed E-state index contributed by atoms with van der Waals surface area (Å²) >= 11 is 0. The van der Waals surface area contributed by atoms with Gasteiger partial charge in [-0.1, -0.05) is 42.4 Å². The number of hydrogen-bond acceptors (Lipinski definition) is 5. The van der Waals surface area contributed by atoms with Crippen molar-refractivity contribution in [2.24, 2.45) is 0 Å². The number of benzene rings is 1. The van der Waals surface area contributed by atoms with Crippen LogP contribution in [0.5, 0.6) is 0 Å². The van der Waals surface area contributed by atoms with Crippen LogP contribution in [-0.2, 0) is 6.42 Å². The van der Waals surface area contributed by atoms with Gasteiger partial charge in [-0.25, -0.2) is 0 Å². The summed E-state index contributed by atoms with van der Waals surface area (Å²) in [5.74, 6) is 0.907. The van der Waals surface area contributed by atoms with E-state index >= 15 is 0 Å². The van der Waals surface area contributed by atoms with Gasteiger partial charge in [0.05, 0.1) is 6.26 Å². The van der Waals surface area contributed by atoms with E-state index in [-0.39, 0.29) is 11.7 Å². The summed E-state index contributed by atoms with van der Waals surface area (Å²) < 4.78 is 10.4. The van der Waals surface area contributed by atoms with E-state index in [0.717, 1.165) is 12.0 Å². The highest BCUT2D eigenvalue weighted by molar-refractivity contribution is 5.91. The molecule has 0 unspecified atom stereocenters. The Bertz CT molecular complexity index is 751. The van der Waals surface area contributed by atoms with Gasteiger partial charge in [0.2, 0.25) is 5.89 Å². The molecule has 118 valence electrons. The van der Waals surface area contributed by atoms with E-state index in [2.05, 4.69) is 15.5 Å². The second-order valence-corrected chi connectivity index (χ2v) is 5.09. The number of furan rings is 1. The van der Waals surface area contributed by atoms with Gasteiger partial charge in [0.25, 0.3) is 5.91 Å². The number of rotatable bonds is 6. The quantitative estimate of drug-likeness (QED) is 0.756. The minimum Gasteiger partial charge on any atom is -0.459 e. The number of nitrogens with one attached hydrogen (secondary N) is 1. The smallest absolute Gasteiger partial charge is 0.287 e. The zero-order valence-corrected chi connectivity index (χ0v) is 12.7. The van der Waals surface area contributed by atoms with E-state index in [0.29, 0.717) is 18.1 Å². The summed E-state index contributed by atoms with van der Waals surface area (Å²) in [5.41, 5.74) is 0.872. The maximum Gasteiger partial charge on any atom is 0.287 e. The molecule has 1 aromatic carbocycles. The number of hydrogen-bond donors (Lipinski definition) is 1.